The second-order valence-electron chi connectivity index (χ2n) is 4.98. The van der Waals surface area contributed by atoms with Gasteiger partial charge in [-0.1, -0.05) is 18.2 Å². The molecule has 1 N–H and O–H groups in total. The van der Waals surface area contributed by atoms with Crippen LogP contribution in [0.3, 0.4) is 0 Å². The Kier molecular flexibility index (Phi) is 5.05. The maximum Gasteiger partial charge on any atom is 0.357 e. The summed E-state index contributed by atoms with van der Waals surface area (Å²) in [6.07, 6.45) is 0.483. The van der Waals surface area contributed by atoms with E-state index in [1.54, 1.807) is 30.3 Å². The van der Waals surface area contributed by atoms with Crippen LogP contribution >= 0.6 is 0 Å². The number of hydroxylamine groups is 2. The molecule has 6 heteroatoms. The molecular formula is C15H17NO5. The number of carboxylic acids is 1. The zero-order valence-corrected chi connectivity index (χ0v) is 11.5. The quantitative estimate of drug-likeness (QED) is 0.885. The molecule has 1 fully saturated rings. The van der Waals surface area contributed by atoms with Crippen LogP contribution in [0.2, 0.25) is 0 Å². The van der Waals surface area contributed by atoms with Crippen LogP contribution in [0.5, 0.6) is 0 Å². The average Bonchev–Trinajstić information content (AvgIpc) is 2.48. The third kappa shape index (κ3) is 4.39. The van der Waals surface area contributed by atoms with Gasteiger partial charge in [-0.25, -0.2) is 4.79 Å². The van der Waals surface area contributed by atoms with Crippen LogP contribution in [-0.2, 0) is 14.4 Å². The Bertz CT molecular complexity index is 528. The number of Topliss-reactive ketones (excluding diaryl/α,β-unsaturated/α-hetero) is 1. The van der Waals surface area contributed by atoms with Gasteiger partial charge in [0, 0.05) is 31.8 Å². The fourth-order valence-electron chi connectivity index (χ4n) is 2.26. The highest BCUT2D eigenvalue weighted by atomic mass is 16.7. The summed E-state index contributed by atoms with van der Waals surface area (Å²) in [5, 5.41) is 10.1. The minimum Gasteiger partial charge on any atom is -0.481 e. The van der Waals surface area contributed by atoms with E-state index in [1.807, 2.05) is 0 Å². The van der Waals surface area contributed by atoms with Gasteiger partial charge in [-0.15, -0.1) is 5.06 Å². The van der Waals surface area contributed by atoms with Gasteiger partial charge in [0.15, 0.2) is 0 Å². The van der Waals surface area contributed by atoms with E-state index in [9.17, 15) is 14.4 Å². The van der Waals surface area contributed by atoms with E-state index in [0.29, 0.717) is 12.1 Å². The van der Waals surface area contributed by atoms with Crippen molar-refractivity contribution < 1.29 is 24.3 Å². The molecule has 21 heavy (non-hydrogen) atoms. The molecule has 0 bridgehead atoms. The molecule has 1 unspecified atom stereocenters. The average molecular weight is 291 g/mol. The number of benzene rings is 1. The largest absolute Gasteiger partial charge is 0.481 e. The predicted octanol–water partition coefficient (Wildman–Crippen LogP) is 1.51. The summed E-state index contributed by atoms with van der Waals surface area (Å²) < 4.78 is 0. The first-order chi connectivity index (χ1) is 10.1. The van der Waals surface area contributed by atoms with Gasteiger partial charge in [0.25, 0.3) is 0 Å². The molecule has 0 aromatic heterocycles. The lowest BCUT2D eigenvalue weighted by Crippen LogP contribution is -2.42. The van der Waals surface area contributed by atoms with Gasteiger partial charge in [-0.3, -0.25) is 9.59 Å². The van der Waals surface area contributed by atoms with Crippen molar-refractivity contribution in [3.63, 3.8) is 0 Å². The van der Waals surface area contributed by atoms with Gasteiger partial charge in [-0.2, -0.15) is 0 Å². The number of hydrogen-bond acceptors (Lipinski definition) is 5. The highest BCUT2D eigenvalue weighted by Gasteiger charge is 2.29. The van der Waals surface area contributed by atoms with Crippen molar-refractivity contribution in [3.05, 3.63) is 35.9 Å². The first kappa shape index (κ1) is 15.2. The first-order valence-corrected chi connectivity index (χ1v) is 6.83. The fraction of sp³-hybridized carbons (Fsp3) is 0.400. The molecule has 0 aliphatic carbocycles. The van der Waals surface area contributed by atoms with Crippen molar-refractivity contribution in [3.8, 4) is 0 Å². The van der Waals surface area contributed by atoms with Gasteiger partial charge in [0.05, 0.1) is 5.56 Å². The number of carboxylic acid groups (broad SMARTS) is 1. The molecule has 6 nitrogen and oxygen atoms in total. The van der Waals surface area contributed by atoms with Crippen molar-refractivity contribution >= 4 is 17.7 Å². The number of nitrogens with zero attached hydrogens (tertiary/aromatic N) is 1. The predicted molar refractivity (Wildman–Crippen MR) is 73.4 cm³/mol. The number of rotatable bonds is 5. The Morgan fingerprint density at radius 1 is 1.29 bits per heavy atom. The molecule has 1 heterocycles. The Morgan fingerprint density at radius 3 is 2.67 bits per heavy atom. The van der Waals surface area contributed by atoms with Crippen LogP contribution in [0.15, 0.2) is 30.3 Å². The zero-order chi connectivity index (χ0) is 15.2. The Balaban J connectivity index is 1.90. The number of carbonyl (C=O) groups excluding carboxylic acids is 2. The summed E-state index contributed by atoms with van der Waals surface area (Å²) >= 11 is 0. The Labute approximate surface area is 122 Å². The summed E-state index contributed by atoms with van der Waals surface area (Å²) in [7, 11) is 0. The molecule has 1 aromatic carbocycles. The lowest BCUT2D eigenvalue weighted by molar-refractivity contribution is -0.153. The van der Waals surface area contributed by atoms with Crippen molar-refractivity contribution in [2.45, 2.75) is 19.3 Å². The molecule has 112 valence electrons. The number of hydrogen-bond donors (Lipinski definition) is 1. The number of ketones is 1. The summed E-state index contributed by atoms with van der Waals surface area (Å²) in [5.74, 6) is -1.76. The molecule has 2 rings (SSSR count). The molecule has 1 aromatic rings. The maximum atomic E-state index is 11.9. The van der Waals surface area contributed by atoms with Crippen molar-refractivity contribution in [1.82, 2.24) is 5.06 Å². The first-order valence-electron chi connectivity index (χ1n) is 6.83. The van der Waals surface area contributed by atoms with Crippen LogP contribution in [-0.4, -0.2) is 41.0 Å². The van der Waals surface area contributed by atoms with E-state index in [-0.39, 0.29) is 31.6 Å². The van der Waals surface area contributed by atoms with E-state index in [1.165, 1.54) is 5.06 Å². The topological polar surface area (TPSA) is 83.9 Å². The third-order valence-electron chi connectivity index (χ3n) is 3.42. The highest BCUT2D eigenvalue weighted by Crippen LogP contribution is 2.19. The molecule has 0 radical (unpaired) electrons. The normalized spacial score (nSPS) is 19.2. The van der Waals surface area contributed by atoms with Crippen LogP contribution in [0.25, 0.3) is 0 Å². The maximum absolute atomic E-state index is 11.9. The van der Waals surface area contributed by atoms with E-state index in [4.69, 9.17) is 9.94 Å². The van der Waals surface area contributed by atoms with E-state index in [2.05, 4.69) is 0 Å². The van der Waals surface area contributed by atoms with Gasteiger partial charge >= 0.3 is 11.9 Å². The van der Waals surface area contributed by atoms with Gasteiger partial charge in [-0.05, 0) is 18.6 Å². The summed E-state index contributed by atoms with van der Waals surface area (Å²) in [4.78, 5) is 39.5. The summed E-state index contributed by atoms with van der Waals surface area (Å²) in [6.45, 7) is 0.603. The smallest absolute Gasteiger partial charge is 0.357 e. The summed E-state index contributed by atoms with van der Waals surface area (Å²) in [6, 6.07) is 8.59. The second-order valence-corrected chi connectivity index (χ2v) is 4.98. The minimum atomic E-state index is -0.929. The van der Waals surface area contributed by atoms with Gasteiger partial charge in [0.2, 0.25) is 0 Å². The van der Waals surface area contributed by atoms with Crippen LogP contribution in [0.4, 0.5) is 0 Å². The number of carbonyl (C=O) groups is 3. The number of piperidine rings is 1. The molecule has 0 spiro atoms. The third-order valence-corrected chi connectivity index (χ3v) is 3.42. The standard InChI is InChI=1S/C15H17NO5/c17-13-8-9-16(10-12(13)6-7-14(18)19)21-15(20)11-4-2-1-3-5-11/h1-5,12H,6-10H2,(H,18,19). The molecule has 1 saturated heterocycles. The van der Waals surface area contributed by atoms with E-state index >= 15 is 0 Å². The molecule has 1 aliphatic rings. The van der Waals surface area contributed by atoms with Crippen molar-refractivity contribution in [2.75, 3.05) is 13.1 Å². The zero-order valence-electron chi connectivity index (χ0n) is 11.5. The molecule has 1 aliphatic heterocycles. The van der Waals surface area contributed by atoms with Crippen LogP contribution < -0.4 is 0 Å². The van der Waals surface area contributed by atoms with E-state index < -0.39 is 17.9 Å². The van der Waals surface area contributed by atoms with Gasteiger partial charge < -0.3 is 9.94 Å². The second kappa shape index (κ2) is 6.99. The lowest BCUT2D eigenvalue weighted by atomic mass is 9.93. The molecule has 0 amide bonds. The molecule has 0 saturated carbocycles. The number of aliphatic carboxylic acids is 1. The van der Waals surface area contributed by atoms with Gasteiger partial charge in [0.1, 0.15) is 5.78 Å². The molecule has 1 atom stereocenters. The summed E-state index contributed by atoms with van der Waals surface area (Å²) in [5.41, 5.74) is 0.441. The van der Waals surface area contributed by atoms with Crippen molar-refractivity contribution in [1.29, 1.82) is 0 Å². The highest BCUT2D eigenvalue weighted by molar-refractivity contribution is 5.89. The minimum absolute atomic E-state index is 0.0308. The molecular weight excluding hydrogens is 274 g/mol. The lowest BCUT2D eigenvalue weighted by Gasteiger charge is -2.29. The fourth-order valence-corrected chi connectivity index (χ4v) is 2.26. The Hall–Kier alpha value is -2.21. The van der Waals surface area contributed by atoms with Crippen LogP contribution in [0, 0.1) is 5.92 Å². The van der Waals surface area contributed by atoms with Crippen LogP contribution in [0.1, 0.15) is 29.6 Å². The SMILES string of the molecule is O=C(O)CCC1CN(OC(=O)c2ccccc2)CCC1=O. The monoisotopic (exact) mass is 291 g/mol. The van der Waals surface area contributed by atoms with E-state index in [0.717, 1.165) is 0 Å². The Morgan fingerprint density at radius 2 is 2.00 bits per heavy atom. The van der Waals surface area contributed by atoms with Crippen molar-refractivity contribution in [2.24, 2.45) is 5.92 Å².